The van der Waals surface area contributed by atoms with E-state index >= 15 is 0 Å². The predicted octanol–water partition coefficient (Wildman–Crippen LogP) is 4.10. The molecular weight excluding hydrogens is 446 g/mol. The first-order chi connectivity index (χ1) is 15.9. The second kappa shape index (κ2) is 11.2. The highest BCUT2D eigenvalue weighted by Gasteiger charge is 2.17. The van der Waals surface area contributed by atoms with Gasteiger partial charge in [-0.25, -0.2) is 9.59 Å². The summed E-state index contributed by atoms with van der Waals surface area (Å²) in [6.45, 7) is 3.09. The van der Waals surface area contributed by atoms with E-state index in [0.29, 0.717) is 27.6 Å². The summed E-state index contributed by atoms with van der Waals surface area (Å²) in [4.78, 5) is 37.2. The fraction of sp³-hybridized carbons (Fsp3) is 0.217. The summed E-state index contributed by atoms with van der Waals surface area (Å²) in [5.41, 5.74) is 2.56. The molecule has 0 aliphatic heterocycles. The van der Waals surface area contributed by atoms with Crippen molar-refractivity contribution in [3.8, 4) is 5.75 Å². The van der Waals surface area contributed by atoms with Crippen molar-refractivity contribution in [1.82, 2.24) is 10.5 Å². The molecule has 0 radical (unpaired) electrons. The average Bonchev–Trinajstić information content (AvgIpc) is 3.13. The summed E-state index contributed by atoms with van der Waals surface area (Å²) in [6, 6.07) is 12.8. The predicted molar refractivity (Wildman–Crippen MR) is 122 cm³/mol. The zero-order valence-electron chi connectivity index (χ0n) is 18.3. The molecule has 0 saturated carbocycles. The van der Waals surface area contributed by atoms with Gasteiger partial charge in [0.15, 0.2) is 6.61 Å². The Kier molecular flexibility index (Phi) is 8.09. The van der Waals surface area contributed by atoms with Gasteiger partial charge in [-0.1, -0.05) is 17.3 Å². The highest BCUT2D eigenvalue weighted by Crippen LogP contribution is 2.29. The van der Waals surface area contributed by atoms with Crippen LogP contribution in [-0.4, -0.2) is 36.8 Å². The number of thioether (sulfide) groups is 1. The zero-order valence-corrected chi connectivity index (χ0v) is 19.2. The number of aryl methyl sites for hydroxylation is 2. The van der Waals surface area contributed by atoms with Crippen molar-refractivity contribution in [3.63, 3.8) is 0 Å². The van der Waals surface area contributed by atoms with Crippen LogP contribution in [0.2, 0.25) is 0 Å². The number of hydrogen-bond donors (Lipinski definition) is 2. The molecule has 0 atom stereocenters. The summed E-state index contributed by atoms with van der Waals surface area (Å²) in [5, 5.41) is 8.55. The van der Waals surface area contributed by atoms with E-state index in [1.54, 1.807) is 42.5 Å². The number of esters is 1. The Bertz CT molecular complexity index is 1120. The molecule has 0 fully saturated rings. The van der Waals surface area contributed by atoms with Crippen LogP contribution in [0.5, 0.6) is 5.75 Å². The van der Waals surface area contributed by atoms with Gasteiger partial charge < -0.3 is 19.3 Å². The highest BCUT2D eigenvalue weighted by atomic mass is 32.2. The van der Waals surface area contributed by atoms with Crippen molar-refractivity contribution in [2.45, 2.75) is 24.5 Å². The molecule has 0 aliphatic carbocycles. The third kappa shape index (κ3) is 6.59. The molecule has 10 heteroatoms. The fourth-order valence-corrected chi connectivity index (χ4v) is 4.02. The largest absolute Gasteiger partial charge is 0.497 e. The molecule has 33 heavy (non-hydrogen) atoms. The summed E-state index contributed by atoms with van der Waals surface area (Å²) in [5.74, 6) is 0.508. The third-order valence-corrected chi connectivity index (χ3v) is 5.70. The van der Waals surface area contributed by atoms with E-state index in [1.165, 1.54) is 18.9 Å². The van der Waals surface area contributed by atoms with Gasteiger partial charge >= 0.3 is 12.0 Å². The molecule has 2 aromatic carbocycles. The maximum Gasteiger partial charge on any atom is 0.339 e. The molecule has 3 amide bonds. The number of methoxy groups -OCH3 is 1. The topological polar surface area (TPSA) is 120 Å². The number of benzene rings is 2. The first kappa shape index (κ1) is 23.9. The second-order valence-electron chi connectivity index (χ2n) is 6.89. The summed E-state index contributed by atoms with van der Waals surface area (Å²) >= 11 is 1.44. The van der Waals surface area contributed by atoms with Gasteiger partial charge in [-0.2, -0.15) is 0 Å². The molecule has 0 bridgehead atoms. The number of aromatic nitrogens is 1. The van der Waals surface area contributed by atoms with Crippen molar-refractivity contribution in [1.29, 1.82) is 0 Å². The molecule has 1 heterocycles. The van der Waals surface area contributed by atoms with E-state index in [4.69, 9.17) is 14.0 Å². The van der Waals surface area contributed by atoms with Crippen molar-refractivity contribution in [2.24, 2.45) is 0 Å². The van der Waals surface area contributed by atoms with Crippen LogP contribution in [0.1, 0.15) is 27.4 Å². The summed E-state index contributed by atoms with van der Waals surface area (Å²) in [6.07, 6.45) is 0. The van der Waals surface area contributed by atoms with Crippen LogP contribution in [0, 0.1) is 13.8 Å². The minimum absolute atomic E-state index is 0.324. The SMILES string of the molecule is COc1ccc(NC(=O)NC(=O)COC(=O)c2ccccc2SCc2c(C)noc2C)cc1. The van der Waals surface area contributed by atoms with Gasteiger partial charge in [-0.05, 0) is 50.2 Å². The van der Waals surface area contributed by atoms with Gasteiger partial charge in [0.1, 0.15) is 11.5 Å². The summed E-state index contributed by atoms with van der Waals surface area (Å²) in [7, 11) is 1.53. The standard InChI is InChI=1S/C23H23N3O6S/c1-14-19(15(2)32-26-14)13-33-20-7-5-4-6-18(20)22(28)31-12-21(27)25-23(29)24-16-8-10-17(30-3)11-9-16/h4-11H,12-13H2,1-3H3,(H2,24,25,27,29). The number of anilines is 1. The minimum atomic E-state index is -0.754. The van der Waals surface area contributed by atoms with E-state index in [1.807, 2.05) is 19.9 Å². The molecule has 0 saturated heterocycles. The number of imide groups is 1. The molecular formula is C23H23N3O6S. The lowest BCUT2D eigenvalue weighted by Crippen LogP contribution is -2.37. The number of carbonyl (C=O) groups is 3. The molecule has 0 unspecified atom stereocenters. The number of nitrogens with zero attached hydrogens (tertiary/aromatic N) is 1. The maximum atomic E-state index is 12.5. The van der Waals surface area contributed by atoms with Crippen LogP contribution in [0.3, 0.4) is 0 Å². The average molecular weight is 470 g/mol. The van der Waals surface area contributed by atoms with Gasteiger partial charge in [-0.15, -0.1) is 11.8 Å². The number of nitrogens with one attached hydrogen (secondary N) is 2. The monoisotopic (exact) mass is 469 g/mol. The smallest absolute Gasteiger partial charge is 0.339 e. The van der Waals surface area contributed by atoms with Crippen molar-refractivity contribution < 1.29 is 28.4 Å². The Balaban J connectivity index is 1.51. The molecule has 2 N–H and O–H groups in total. The summed E-state index contributed by atoms with van der Waals surface area (Å²) < 4.78 is 15.3. The molecule has 9 nitrogen and oxygen atoms in total. The highest BCUT2D eigenvalue weighted by molar-refractivity contribution is 7.98. The van der Waals surface area contributed by atoms with E-state index < -0.39 is 24.5 Å². The van der Waals surface area contributed by atoms with Crippen LogP contribution >= 0.6 is 11.8 Å². The van der Waals surface area contributed by atoms with Crippen LogP contribution in [0.25, 0.3) is 0 Å². The first-order valence-electron chi connectivity index (χ1n) is 9.93. The van der Waals surface area contributed by atoms with Crippen LogP contribution in [0.15, 0.2) is 57.9 Å². The number of carbonyl (C=O) groups excluding carboxylic acids is 3. The lowest BCUT2D eigenvalue weighted by Gasteiger charge is -2.10. The number of urea groups is 1. The maximum absolute atomic E-state index is 12.5. The normalized spacial score (nSPS) is 10.4. The van der Waals surface area contributed by atoms with Crippen LogP contribution in [0.4, 0.5) is 10.5 Å². The van der Waals surface area contributed by atoms with Gasteiger partial charge in [0, 0.05) is 21.9 Å². The number of amides is 3. The van der Waals surface area contributed by atoms with E-state index in [0.717, 1.165) is 17.0 Å². The minimum Gasteiger partial charge on any atom is -0.497 e. The van der Waals surface area contributed by atoms with Crippen LogP contribution in [-0.2, 0) is 15.3 Å². The number of rotatable bonds is 8. The Hall–Kier alpha value is -3.79. The fourth-order valence-electron chi connectivity index (χ4n) is 2.83. The Morgan fingerprint density at radius 2 is 1.79 bits per heavy atom. The van der Waals surface area contributed by atoms with Gasteiger partial charge in [0.25, 0.3) is 5.91 Å². The zero-order chi connectivity index (χ0) is 23.8. The molecule has 0 aliphatic rings. The Morgan fingerprint density at radius 3 is 2.45 bits per heavy atom. The Morgan fingerprint density at radius 1 is 1.06 bits per heavy atom. The molecule has 3 aromatic rings. The molecule has 3 rings (SSSR count). The second-order valence-corrected chi connectivity index (χ2v) is 7.91. The lowest BCUT2D eigenvalue weighted by atomic mass is 10.2. The van der Waals surface area contributed by atoms with Crippen LogP contribution < -0.4 is 15.4 Å². The molecule has 0 spiro atoms. The lowest BCUT2D eigenvalue weighted by molar-refractivity contribution is -0.123. The van der Waals surface area contributed by atoms with Crippen molar-refractivity contribution >= 4 is 35.4 Å². The first-order valence-corrected chi connectivity index (χ1v) is 10.9. The third-order valence-electron chi connectivity index (χ3n) is 4.60. The number of hydrogen-bond acceptors (Lipinski definition) is 8. The molecule has 1 aromatic heterocycles. The quantitative estimate of drug-likeness (QED) is 0.374. The number of ether oxygens (including phenoxy) is 2. The van der Waals surface area contributed by atoms with E-state index in [9.17, 15) is 14.4 Å². The molecule has 172 valence electrons. The van der Waals surface area contributed by atoms with E-state index in [-0.39, 0.29) is 0 Å². The van der Waals surface area contributed by atoms with Gasteiger partial charge in [0.05, 0.1) is 18.4 Å². The van der Waals surface area contributed by atoms with Crippen molar-refractivity contribution in [3.05, 3.63) is 71.1 Å². The van der Waals surface area contributed by atoms with Crippen molar-refractivity contribution in [2.75, 3.05) is 19.0 Å². The van der Waals surface area contributed by atoms with Gasteiger partial charge in [0.2, 0.25) is 0 Å². The van der Waals surface area contributed by atoms with E-state index in [2.05, 4.69) is 15.8 Å². The van der Waals surface area contributed by atoms with Gasteiger partial charge in [-0.3, -0.25) is 10.1 Å². The Labute approximate surface area is 194 Å².